The summed E-state index contributed by atoms with van der Waals surface area (Å²) in [5.41, 5.74) is 0.0625. The van der Waals surface area contributed by atoms with Crippen LogP contribution in [0.15, 0.2) is 16.7 Å². The summed E-state index contributed by atoms with van der Waals surface area (Å²) in [5.74, 6) is -1.54. The van der Waals surface area contributed by atoms with Crippen LogP contribution in [-0.2, 0) is 0 Å². The molecule has 4 nitrogen and oxygen atoms in total. The lowest BCUT2D eigenvalue weighted by Gasteiger charge is -1.84. The van der Waals surface area contributed by atoms with E-state index in [1.807, 2.05) is 0 Å². The lowest BCUT2D eigenvalue weighted by atomic mass is 10.3. The molecule has 1 aromatic heterocycles. The Morgan fingerprint density at radius 1 is 1.70 bits per heavy atom. The van der Waals surface area contributed by atoms with Crippen LogP contribution in [0, 0.1) is 0 Å². The van der Waals surface area contributed by atoms with E-state index in [0.29, 0.717) is 6.29 Å². The fraction of sp³-hybridized carbons (Fsp3) is 0. The van der Waals surface area contributed by atoms with Crippen molar-refractivity contribution in [2.24, 2.45) is 0 Å². The molecule has 0 bridgehead atoms. The number of furan rings is 1. The summed E-state index contributed by atoms with van der Waals surface area (Å²) < 4.78 is 4.49. The Kier molecular flexibility index (Phi) is 1.53. The van der Waals surface area contributed by atoms with E-state index in [4.69, 9.17) is 5.11 Å². The molecule has 0 spiro atoms. The molecule has 0 aromatic carbocycles. The minimum Gasteiger partial charge on any atom is -0.475 e. The van der Waals surface area contributed by atoms with Crippen LogP contribution < -0.4 is 0 Å². The maximum Gasteiger partial charge on any atom is 0.372 e. The van der Waals surface area contributed by atoms with Gasteiger partial charge >= 0.3 is 5.97 Å². The first-order valence-electron chi connectivity index (χ1n) is 2.51. The Labute approximate surface area is 56.1 Å². The van der Waals surface area contributed by atoms with Gasteiger partial charge < -0.3 is 9.52 Å². The summed E-state index contributed by atoms with van der Waals surface area (Å²) >= 11 is 0. The SMILES string of the molecule is O=Cc1ccoc1C(=O)O. The first kappa shape index (κ1) is 6.54. The quantitative estimate of drug-likeness (QED) is 0.616. The minimum atomic E-state index is -1.23. The number of carboxylic acid groups (broad SMARTS) is 1. The average molecular weight is 140 g/mol. The summed E-state index contributed by atoms with van der Waals surface area (Å²) in [6.45, 7) is 0. The number of aldehydes is 1. The molecule has 0 atom stereocenters. The third kappa shape index (κ3) is 0.907. The Hall–Kier alpha value is -1.58. The van der Waals surface area contributed by atoms with Crippen molar-refractivity contribution >= 4 is 12.3 Å². The summed E-state index contributed by atoms with van der Waals surface area (Å²) in [5, 5.41) is 8.33. The van der Waals surface area contributed by atoms with E-state index in [1.165, 1.54) is 6.07 Å². The van der Waals surface area contributed by atoms with E-state index in [0.717, 1.165) is 6.26 Å². The third-order valence-electron chi connectivity index (χ3n) is 1.02. The van der Waals surface area contributed by atoms with Crippen molar-refractivity contribution in [2.45, 2.75) is 0 Å². The number of rotatable bonds is 2. The zero-order valence-corrected chi connectivity index (χ0v) is 4.90. The molecule has 0 saturated heterocycles. The van der Waals surface area contributed by atoms with Crippen molar-refractivity contribution in [3.05, 3.63) is 23.7 Å². The molecular weight excluding hydrogens is 136 g/mol. The smallest absolute Gasteiger partial charge is 0.372 e. The van der Waals surface area contributed by atoms with Gasteiger partial charge in [0, 0.05) is 0 Å². The highest BCUT2D eigenvalue weighted by Gasteiger charge is 2.11. The number of carbonyl (C=O) groups excluding carboxylic acids is 1. The summed E-state index contributed by atoms with van der Waals surface area (Å²) in [4.78, 5) is 20.3. The second-order valence-electron chi connectivity index (χ2n) is 1.63. The van der Waals surface area contributed by atoms with Crippen molar-refractivity contribution < 1.29 is 19.1 Å². The average Bonchev–Trinajstić information content (AvgIpc) is 2.33. The van der Waals surface area contributed by atoms with Gasteiger partial charge in [-0.05, 0) is 6.07 Å². The van der Waals surface area contributed by atoms with Crippen molar-refractivity contribution in [1.29, 1.82) is 0 Å². The molecule has 0 unspecified atom stereocenters. The van der Waals surface area contributed by atoms with E-state index in [2.05, 4.69) is 4.42 Å². The number of hydrogen-bond donors (Lipinski definition) is 1. The lowest BCUT2D eigenvalue weighted by molar-refractivity contribution is 0.0659. The molecule has 10 heavy (non-hydrogen) atoms. The summed E-state index contributed by atoms with van der Waals surface area (Å²) in [7, 11) is 0. The van der Waals surface area contributed by atoms with Gasteiger partial charge in [-0.2, -0.15) is 0 Å². The fourth-order valence-electron chi connectivity index (χ4n) is 0.586. The minimum absolute atomic E-state index is 0.0625. The van der Waals surface area contributed by atoms with Crippen molar-refractivity contribution in [1.82, 2.24) is 0 Å². The molecule has 0 fully saturated rings. The van der Waals surface area contributed by atoms with Gasteiger partial charge in [0.25, 0.3) is 0 Å². The predicted octanol–water partition coefficient (Wildman–Crippen LogP) is 0.790. The van der Waals surface area contributed by atoms with Crippen molar-refractivity contribution in [3.63, 3.8) is 0 Å². The molecule has 0 aliphatic heterocycles. The van der Waals surface area contributed by atoms with Gasteiger partial charge in [-0.25, -0.2) is 4.79 Å². The Balaban J connectivity index is 3.13. The van der Waals surface area contributed by atoms with Crippen LogP contribution in [0.4, 0.5) is 0 Å². The van der Waals surface area contributed by atoms with Crippen LogP contribution in [0.1, 0.15) is 20.9 Å². The third-order valence-corrected chi connectivity index (χ3v) is 1.02. The molecular formula is C6H4O4. The van der Waals surface area contributed by atoms with Crippen molar-refractivity contribution in [3.8, 4) is 0 Å². The van der Waals surface area contributed by atoms with Crippen LogP contribution >= 0.6 is 0 Å². The highest BCUT2D eigenvalue weighted by atomic mass is 16.4. The standard InChI is InChI=1S/C6H4O4/c7-3-4-1-2-10-5(4)6(8)9/h1-3H,(H,8,9). The van der Waals surface area contributed by atoms with E-state index in [9.17, 15) is 9.59 Å². The second kappa shape index (κ2) is 2.34. The largest absolute Gasteiger partial charge is 0.475 e. The van der Waals surface area contributed by atoms with Crippen LogP contribution in [0.25, 0.3) is 0 Å². The van der Waals surface area contributed by atoms with Gasteiger partial charge in [0.1, 0.15) is 0 Å². The van der Waals surface area contributed by atoms with Gasteiger partial charge in [0.15, 0.2) is 6.29 Å². The normalized spacial score (nSPS) is 9.20. The Morgan fingerprint density at radius 3 is 2.80 bits per heavy atom. The molecule has 0 amide bonds. The van der Waals surface area contributed by atoms with E-state index in [-0.39, 0.29) is 11.3 Å². The van der Waals surface area contributed by atoms with Crippen LogP contribution in [-0.4, -0.2) is 17.4 Å². The zero-order valence-electron chi connectivity index (χ0n) is 4.90. The first-order chi connectivity index (χ1) is 4.75. The van der Waals surface area contributed by atoms with Crippen molar-refractivity contribution in [2.75, 3.05) is 0 Å². The van der Waals surface area contributed by atoms with Crippen LogP contribution in [0.3, 0.4) is 0 Å². The Bertz CT molecular complexity index is 260. The predicted molar refractivity (Wildman–Crippen MR) is 31.1 cm³/mol. The van der Waals surface area contributed by atoms with Gasteiger partial charge in [-0.15, -0.1) is 0 Å². The van der Waals surface area contributed by atoms with Gasteiger partial charge in [0.2, 0.25) is 5.76 Å². The van der Waals surface area contributed by atoms with Gasteiger partial charge in [-0.3, -0.25) is 4.79 Å². The molecule has 1 aromatic rings. The highest BCUT2D eigenvalue weighted by molar-refractivity contribution is 5.94. The fourth-order valence-corrected chi connectivity index (χ4v) is 0.586. The van der Waals surface area contributed by atoms with E-state index < -0.39 is 5.97 Å². The number of carbonyl (C=O) groups is 2. The van der Waals surface area contributed by atoms with E-state index in [1.54, 1.807) is 0 Å². The molecule has 0 radical (unpaired) electrons. The molecule has 1 N–H and O–H groups in total. The molecule has 52 valence electrons. The number of hydrogen-bond acceptors (Lipinski definition) is 3. The van der Waals surface area contributed by atoms with Crippen LogP contribution in [0.5, 0.6) is 0 Å². The highest BCUT2D eigenvalue weighted by Crippen LogP contribution is 2.06. The molecule has 1 heterocycles. The monoisotopic (exact) mass is 140 g/mol. The second-order valence-corrected chi connectivity index (χ2v) is 1.63. The maximum atomic E-state index is 10.2. The zero-order chi connectivity index (χ0) is 7.56. The molecule has 0 saturated carbocycles. The van der Waals surface area contributed by atoms with Crippen LogP contribution in [0.2, 0.25) is 0 Å². The molecule has 0 aliphatic carbocycles. The lowest BCUT2D eigenvalue weighted by Crippen LogP contribution is -1.96. The molecule has 4 heteroatoms. The number of aromatic carboxylic acids is 1. The van der Waals surface area contributed by atoms with E-state index >= 15 is 0 Å². The molecule has 0 aliphatic rings. The van der Waals surface area contributed by atoms with Gasteiger partial charge in [-0.1, -0.05) is 0 Å². The Morgan fingerprint density at radius 2 is 2.40 bits per heavy atom. The maximum absolute atomic E-state index is 10.2. The topological polar surface area (TPSA) is 67.5 Å². The molecule has 1 rings (SSSR count). The first-order valence-corrected chi connectivity index (χ1v) is 2.51. The van der Waals surface area contributed by atoms with Gasteiger partial charge in [0.05, 0.1) is 11.8 Å². The summed E-state index contributed by atoms with van der Waals surface area (Å²) in [6, 6.07) is 1.30. The summed E-state index contributed by atoms with van der Waals surface area (Å²) in [6.07, 6.45) is 1.60. The number of carboxylic acids is 1.